The van der Waals surface area contributed by atoms with Gasteiger partial charge in [0.25, 0.3) is 5.91 Å². The lowest BCUT2D eigenvalue weighted by atomic mass is 10.1. The molecule has 1 aliphatic rings. The Morgan fingerprint density at radius 3 is 2.82 bits per heavy atom. The minimum absolute atomic E-state index is 0.0271. The summed E-state index contributed by atoms with van der Waals surface area (Å²) in [5.41, 5.74) is 5.14. The van der Waals surface area contributed by atoms with Gasteiger partial charge in [0, 0.05) is 18.4 Å². The van der Waals surface area contributed by atoms with Crippen LogP contribution >= 0.6 is 0 Å². The average molecular weight is 226 g/mol. The number of hydrogen-bond acceptors (Lipinski definition) is 1. The van der Waals surface area contributed by atoms with Crippen LogP contribution < -0.4 is 5.32 Å². The summed E-state index contributed by atoms with van der Waals surface area (Å²) in [6.07, 6.45) is 2.02. The van der Waals surface area contributed by atoms with Crippen LogP contribution in [0.1, 0.15) is 27.2 Å². The highest BCUT2D eigenvalue weighted by Gasteiger charge is 2.19. The number of carbonyl (C=O) groups is 1. The van der Waals surface area contributed by atoms with E-state index in [2.05, 4.69) is 18.3 Å². The fraction of sp³-hybridized carbons (Fsp3) is 0.214. The number of carbonyl (C=O) groups excluding carboxylic acids is 1. The predicted octanol–water partition coefficient (Wildman–Crippen LogP) is 2.72. The summed E-state index contributed by atoms with van der Waals surface area (Å²) in [6.45, 7) is 4.82. The molecule has 86 valence electrons. The van der Waals surface area contributed by atoms with Crippen LogP contribution in [0.3, 0.4) is 0 Å². The summed E-state index contributed by atoms with van der Waals surface area (Å²) in [5.74, 6) is -0.0271. The Kier molecular flexibility index (Phi) is 2.08. The third kappa shape index (κ3) is 1.64. The van der Waals surface area contributed by atoms with E-state index in [9.17, 15) is 4.79 Å². The predicted molar refractivity (Wildman–Crippen MR) is 67.4 cm³/mol. The molecule has 0 saturated carbocycles. The number of anilines is 1. The van der Waals surface area contributed by atoms with Gasteiger partial charge >= 0.3 is 0 Å². The van der Waals surface area contributed by atoms with Crippen molar-refractivity contribution in [2.24, 2.45) is 0 Å². The zero-order chi connectivity index (χ0) is 12.0. The summed E-state index contributed by atoms with van der Waals surface area (Å²) in [5, 5.41) is 2.96. The van der Waals surface area contributed by atoms with Crippen LogP contribution in [0.4, 0.5) is 5.69 Å². The van der Waals surface area contributed by atoms with Crippen molar-refractivity contribution < 1.29 is 4.79 Å². The molecule has 17 heavy (non-hydrogen) atoms. The van der Waals surface area contributed by atoms with Gasteiger partial charge in [0.1, 0.15) is 5.69 Å². The first-order chi connectivity index (χ1) is 8.13. The molecule has 0 spiro atoms. The number of nitrogens with zero attached hydrogens (tertiary/aromatic N) is 1. The van der Waals surface area contributed by atoms with Gasteiger partial charge in [-0.3, -0.25) is 4.79 Å². The van der Waals surface area contributed by atoms with Crippen LogP contribution in [0.15, 0.2) is 30.5 Å². The summed E-state index contributed by atoms with van der Waals surface area (Å²) in [7, 11) is 0. The Hall–Kier alpha value is -2.03. The highest BCUT2D eigenvalue weighted by Crippen LogP contribution is 2.24. The van der Waals surface area contributed by atoms with Gasteiger partial charge in [0.05, 0.1) is 0 Å². The van der Waals surface area contributed by atoms with Crippen molar-refractivity contribution in [2.45, 2.75) is 20.4 Å². The van der Waals surface area contributed by atoms with E-state index in [1.54, 1.807) is 0 Å². The molecule has 0 fully saturated rings. The van der Waals surface area contributed by atoms with Crippen molar-refractivity contribution in [3.8, 4) is 0 Å². The van der Waals surface area contributed by atoms with Gasteiger partial charge in [-0.2, -0.15) is 0 Å². The summed E-state index contributed by atoms with van der Waals surface area (Å²) >= 11 is 0. The lowest BCUT2D eigenvalue weighted by molar-refractivity contribution is 0.102. The maximum absolute atomic E-state index is 12.0. The van der Waals surface area contributed by atoms with Crippen LogP contribution in [0.5, 0.6) is 0 Å². The summed E-state index contributed by atoms with van der Waals surface area (Å²) < 4.78 is 2.01. The zero-order valence-electron chi connectivity index (χ0n) is 9.95. The van der Waals surface area contributed by atoms with E-state index < -0.39 is 0 Å². The minimum atomic E-state index is -0.0271. The molecule has 3 rings (SSSR count). The van der Waals surface area contributed by atoms with Crippen molar-refractivity contribution in [1.29, 1.82) is 0 Å². The molecule has 1 aliphatic heterocycles. The first-order valence-electron chi connectivity index (χ1n) is 5.71. The van der Waals surface area contributed by atoms with Crippen LogP contribution in [0.2, 0.25) is 0 Å². The quantitative estimate of drug-likeness (QED) is 0.736. The Morgan fingerprint density at radius 1 is 1.18 bits per heavy atom. The monoisotopic (exact) mass is 226 g/mol. The fourth-order valence-corrected chi connectivity index (χ4v) is 2.32. The highest BCUT2D eigenvalue weighted by molar-refractivity contribution is 6.04. The molecule has 2 aromatic rings. The van der Waals surface area contributed by atoms with E-state index in [1.165, 1.54) is 5.56 Å². The average Bonchev–Trinajstić information content (AvgIpc) is 2.58. The smallest absolute Gasteiger partial charge is 0.272 e. The normalized spacial score (nSPS) is 13.6. The van der Waals surface area contributed by atoms with Crippen molar-refractivity contribution in [3.05, 3.63) is 52.8 Å². The second-order valence-electron chi connectivity index (χ2n) is 4.65. The van der Waals surface area contributed by atoms with Crippen LogP contribution in [0, 0.1) is 13.8 Å². The molecule has 1 aromatic carbocycles. The van der Waals surface area contributed by atoms with Gasteiger partial charge in [0.15, 0.2) is 0 Å². The molecule has 3 heteroatoms. The van der Waals surface area contributed by atoms with E-state index >= 15 is 0 Å². The van der Waals surface area contributed by atoms with E-state index in [-0.39, 0.29) is 5.91 Å². The molecule has 0 unspecified atom stereocenters. The Labute approximate surface area is 100 Å². The van der Waals surface area contributed by atoms with Gasteiger partial charge < -0.3 is 9.88 Å². The Morgan fingerprint density at radius 2 is 2.00 bits per heavy atom. The molecule has 3 nitrogen and oxygen atoms in total. The fourth-order valence-electron chi connectivity index (χ4n) is 2.32. The molecule has 0 bridgehead atoms. The van der Waals surface area contributed by atoms with E-state index in [4.69, 9.17) is 0 Å². The molecule has 1 aromatic heterocycles. The standard InChI is InChI=1S/C14H14N2O/c1-9-3-4-12-11(5-9)8-16-7-10(2)6-13(16)14(17)15-12/h3-7H,8H2,1-2H3,(H,15,17). The maximum atomic E-state index is 12.0. The molecule has 2 heterocycles. The van der Waals surface area contributed by atoms with E-state index in [1.807, 2.05) is 35.9 Å². The summed E-state index contributed by atoms with van der Waals surface area (Å²) in [4.78, 5) is 12.0. The van der Waals surface area contributed by atoms with Crippen LogP contribution in [-0.4, -0.2) is 10.5 Å². The number of nitrogens with one attached hydrogen (secondary N) is 1. The minimum Gasteiger partial charge on any atom is -0.339 e. The Bertz CT molecular complexity index is 611. The number of aromatic nitrogens is 1. The number of benzene rings is 1. The SMILES string of the molecule is Cc1ccc2c(c1)Cn1cc(C)cc1C(=O)N2. The van der Waals surface area contributed by atoms with Crippen molar-refractivity contribution in [2.75, 3.05) is 5.32 Å². The second kappa shape index (κ2) is 3.48. The lowest BCUT2D eigenvalue weighted by Crippen LogP contribution is -2.12. The molecule has 0 radical (unpaired) electrons. The number of aryl methyl sites for hydroxylation is 2. The molecule has 0 saturated heterocycles. The maximum Gasteiger partial charge on any atom is 0.272 e. The first-order valence-corrected chi connectivity index (χ1v) is 5.71. The van der Waals surface area contributed by atoms with Crippen LogP contribution in [0.25, 0.3) is 0 Å². The van der Waals surface area contributed by atoms with Crippen molar-refractivity contribution in [3.63, 3.8) is 0 Å². The molecule has 0 atom stereocenters. The van der Waals surface area contributed by atoms with Gasteiger partial charge in [-0.15, -0.1) is 0 Å². The van der Waals surface area contributed by atoms with Gasteiger partial charge in [-0.1, -0.05) is 17.7 Å². The first kappa shape index (κ1) is 10.1. The van der Waals surface area contributed by atoms with E-state index in [0.717, 1.165) is 29.1 Å². The molecule has 1 amide bonds. The molecule has 0 aliphatic carbocycles. The third-order valence-corrected chi connectivity index (χ3v) is 3.12. The highest BCUT2D eigenvalue weighted by atomic mass is 16.2. The van der Waals surface area contributed by atoms with E-state index in [0.29, 0.717) is 0 Å². The number of rotatable bonds is 0. The summed E-state index contributed by atoms with van der Waals surface area (Å²) in [6, 6.07) is 8.04. The van der Waals surface area contributed by atoms with Gasteiger partial charge in [0.2, 0.25) is 0 Å². The molecular formula is C14H14N2O. The number of hydrogen-bond donors (Lipinski definition) is 1. The van der Waals surface area contributed by atoms with Crippen molar-refractivity contribution >= 4 is 11.6 Å². The Balaban J connectivity index is 2.16. The second-order valence-corrected chi connectivity index (χ2v) is 4.65. The number of amides is 1. The zero-order valence-corrected chi connectivity index (χ0v) is 9.95. The molecule has 1 N–H and O–H groups in total. The number of fused-ring (bicyclic) bond motifs is 2. The lowest BCUT2D eigenvalue weighted by Gasteiger charge is -2.07. The topological polar surface area (TPSA) is 34.0 Å². The van der Waals surface area contributed by atoms with Gasteiger partial charge in [-0.05, 0) is 37.1 Å². The third-order valence-electron chi connectivity index (χ3n) is 3.12. The van der Waals surface area contributed by atoms with Crippen LogP contribution in [-0.2, 0) is 6.54 Å². The van der Waals surface area contributed by atoms with Gasteiger partial charge in [-0.25, -0.2) is 0 Å². The largest absolute Gasteiger partial charge is 0.339 e. The molecular weight excluding hydrogens is 212 g/mol. The van der Waals surface area contributed by atoms with Crippen molar-refractivity contribution in [1.82, 2.24) is 4.57 Å².